The van der Waals surface area contributed by atoms with E-state index >= 15 is 0 Å². The van der Waals surface area contributed by atoms with E-state index in [1.165, 1.54) is 0 Å². The lowest BCUT2D eigenvalue weighted by Crippen LogP contribution is -2.28. The molecule has 1 saturated heterocycles. The van der Waals surface area contributed by atoms with Gasteiger partial charge in [-0.1, -0.05) is 48.5 Å². The largest absolute Gasteiger partial charge is 0.326 e. The van der Waals surface area contributed by atoms with Crippen molar-refractivity contribution in [1.82, 2.24) is 24.3 Å². The number of para-hydroxylation sites is 1. The number of aromatic nitrogens is 3. The fraction of sp³-hybridized carbons (Fsp3) is 0.250. The fourth-order valence-corrected chi connectivity index (χ4v) is 4.59. The van der Waals surface area contributed by atoms with Crippen LogP contribution < -0.4 is 0 Å². The van der Waals surface area contributed by atoms with Crippen molar-refractivity contribution in [3.8, 4) is 11.1 Å². The summed E-state index contributed by atoms with van der Waals surface area (Å²) in [5.74, 6) is 0.932. The Bertz CT molecular complexity index is 1370. The van der Waals surface area contributed by atoms with Crippen LogP contribution in [0.4, 0.5) is 4.79 Å². The summed E-state index contributed by atoms with van der Waals surface area (Å²) >= 11 is 0. The molecule has 2 aromatic carbocycles. The van der Waals surface area contributed by atoms with Crippen molar-refractivity contribution in [2.45, 2.75) is 26.9 Å². The molecule has 0 radical (unpaired) electrons. The summed E-state index contributed by atoms with van der Waals surface area (Å²) in [6.45, 7) is 7.24. The predicted octanol–water partition coefficient (Wildman–Crippen LogP) is 5.46. The van der Waals surface area contributed by atoms with Crippen LogP contribution in [0, 0.1) is 6.92 Å². The van der Waals surface area contributed by atoms with E-state index in [9.17, 15) is 4.79 Å². The zero-order valence-corrected chi connectivity index (χ0v) is 19.9. The normalized spacial score (nSPS) is 14.1. The first-order valence-electron chi connectivity index (χ1n) is 11.7. The van der Waals surface area contributed by atoms with E-state index in [1.54, 1.807) is 4.90 Å². The summed E-state index contributed by atoms with van der Waals surface area (Å²) in [7, 11) is 1.85. The summed E-state index contributed by atoms with van der Waals surface area (Å²) in [5, 5.41) is 0. The maximum atomic E-state index is 12.1. The van der Waals surface area contributed by atoms with Crippen LogP contribution in [-0.4, -0.2) is 50.5 Å². The summed E-state index contributed by atoms with van der Waals surface area (Å²) in [5.41, 5.74) is 7.58. The van der Waals surface area contributed by atoms with E-state index in [2.05, 4.69) is 77.2 Å². The number of carbonyl (C=O) groups excluding carboxylic acids is 1. The lowest BCUT2D eigenvalue weighted by Gasteiger charge is -2.15. The van der Waals surface area contributed by atoms with Crippen LogP contribution in [0.2, 0.25) is 0 Å². The second-order valence-corrected chi connectivity index (χ2v) is 8.72. The van der Waals surface area contributed by atoms with Crippen molar-refractivity contribution in [2.24, 2.45) is 0 Å². The van der Waals surface area contributed by atoms with E-state index in [0.717, 1.165) is 64.4 Å². The van der Waals surface area contributed by atoms with Gasteiger partial charge < -0.3 is 14.4 Å². The van der Waals surface area contributed by atoms with Gasteiger partial charge in [0.05, 0.1) is 11.0 Å². The Kier molecular flexibility index (Phi) is 5.88. The molecule has 2 amide bonds. The monoisotopic (exact) mass is 451 g/mol. The van der Waals surface area contributed by atoms with E-state index in [1.807, 2.05) is 31.1 Å². The van der Waals surface area contributed by atoms with E-state index in [-0.39, 0.29) is 6.03 Å². The van der Waals surface area contributed by atoms with Gasteiger partial charge in [0.15, 0.2) is 0 Å². The molecule has 3 heterocycles. The first-order chi connectivity index (χ1) is 16.5. The molecule has 0 bridgehead atoms. The van der Waals surface area contributed by atoms with Crippen LogP contribution in [-0.2, 0) is 13.1 Å². The molecular weight excluding hydrogens is 422 g/mol. The zero-order valence-electron chi connectivity index (χ0n) is 19.9. The maximum Gasteiger partial charge on any atom is 0.320 e. The third-order valence-corrected chi connectivity index (χ3v) is 6.50. The molecule has 1 aliphatic heterocycles. The van der Waals surface area contributed by atoms with Crippen LogP contribution in [0.25, 0.3) is 34.3 Å². The highest BCUT2D eigenvalue weighted by molar-refractivity contribution is 5.94. The van der Waals surface area contributed by atoms with E-state index < -0.39 is 0 Å². The van der Waals surface area contributed by atoms with Crippen molar-refractivity contribution in [1.29, 1.82) is 0 Å². The number of pyridine rings is 1. The fourth-order valence-electron chi connectivity index (χ4n) is 4.59. The zero-order chi connectivity index (χ0) is 23.7. The van der Waals surface area contributed by atoms with Gasteiger partial charge in [0, 0.05) is 56.2 Å². The number of urea groups is 1. The van der Waals surface area contributed by atoms with Crippen LogP contribution in [0.3, 0.4) is 0 Å². The lowest BCUT2D eigenvalue weighted by atomic mass is 10.0. The smallest absolute Gasteiger partial charge is 0.320 e. The van der Waals surface area contributed by atoms with Crippen LogP contribution >= 0.6 is 0 Å². The van der Waals surface area contributed by atoms with Gasteiger partial charge >= 0.3 is 6.03 Å². The number of benzene rings is 2. The highest BCUT2D eigenvalue weighted by Crippen LogP contribution is 2.30. The summed E-state index contributed by atoms with van der Waals surface area (Å²) in [4.78, 5) is 25.3. The molecule has 2 aromatic heterocycles. The predicted molar refractivity (Wildman–Crippen MR) is 137 cm³/mol. The Morgan fingerprint density at radius 1 is 0.971 bits per heavy atom. The standard InChI is InChI=1S/C28H29N5O/c1-4-33-25-9-5-7-24(23-8-6-16-29-20(23)2)27(25)30-26(33)15-14-21-10-12-22(13-11-21)19-32-18-17-31(3)28(32)34/h5-16H,4,17-19H2,1-3H3/b15-14+. The minimum atomic E-state index is 0.100. The number of carbonyl (C=O) groups is 1. The molecule has 0 atom stereocenters. The molecule has 6 heteroatoms. The van der Waals surface area contributed by atoms with Crippen LogP contribution in [0.15, 0.2) is 60.8 Å². The van der Waals surface area contributed by atoms with Gasteiger partial charge in [-0.25, -0.2) is 9.78 Å². The molecule has 0 spiro atoms. The molecule has 0 N–H and O–H groups in total. The van der Waals surface area contributed by atoms with Gasteiger partial charge in [-0.15, -0.1) is 0 Å². The van der Waals surface area contributed by atoms with Gasteiger partial charge in [-0.2, -0.15) is 0 Å². The van der Waals surface area contributed by atoms with Crippen molar-refractivity contribution < 1.29 is 4.79 Å². The van der Waals surface area contributed by atoms with Crippen LogP contribution in [0.5, 0.6) is 0 Å². The number of imidazole rings is 1. The number of aryl methyl sites for hydroxylation is 2. The maximum absolute atomic E-state index is 12.1. The molecule has 5 rings (SSSR count). The molecule has 0 saturated carbocycles. The van der Waals surface area contributed by atoms with Gasteiger partial charge in [0.25, 0.3) is 0 Å². The van der Waals surface area contributed by atoms with Crippen molar-refractivity contribution in [2.75, 3.05) is 20.1 Å². The summed E-state index contributed by atoms with van der Waals surface area (Å²) in [6, 6.07) is 18.9. The van der Waals surface area contributed by atoms with Crippen molar-refractivity contribution in [3.63, 3.8) is 0 Å². The van der Waals surface area contributed by atoms with Gasteiger partial charge in [-0.3, -0.25) is 4.98 Å². The molecule has 34 heavy (non-hydrogen) atoms. The SMILES string of the molecule is CCn1c(/C=C/c2ccc(CN3CCN(C)C3=O)cc2)nc2c(-c3cccnc3C)cccc21. The van der Waals surface area contributed by atoms with Crippen molar-refractivity contribution >= 4 is 29.2 Å². The number of amides is 2. The Hall–Kier alpha value is -3.93. The second-order valence-electron chi connectivity index (χ2n) is 8.72. The first kappa shape index (κ1) is 21.9. The third kappa shape index (κ3) is 4.07. The number of hydrogen-bond acceptors (Lipinski definition) is 3. The van der Waals surface area contributed by atoms with E-state index in [4.69, 9.17) is 4.98 Å². The molecule has 6 nitrogen and oxygen atoms in total. The molecule has 0 aliphatic carbocycles. The first-order valence-corrected chi connectivity index (χ1v) is 11.7. The number of likely N-dealkylation sites (N-methyl/N-ethyl adjacent to an activating group) is 1. The molecule has 1 fully saturated rings. The molecule has 172 valence electrons. The van der Waals surface area contributed by atoms with Crippen molar-refractivity contribution in [3.05, 3.63) is 83.4 Å². The number of fused-ring (bicyclic) bond motifs is 1. The second kappa shape index (κ2) is 9.14. The van der Waals surface area contributed by atoms with E-state index in [0.29, 0.717) is 6.54 Å². The van der Waals surface area contributed by atoms with Crippen LogP contribution in [0.1, 0.15) is 29.6 Å². The average molecular weight is 452 g/mol. The lowest BCUT2D eigenvalue weighted by molar-refractivity contribution is 0.197. The Morgan fingerprint density at radius 3 is 2.47 bits per heavy atom. The Labute approximate surface area is 200 Å². The highest BCUT2D eigenvalue weighted by atomic mass is 16.2. The molecule has 1 aliphatic rings. The molecule has 0 unspecified atom stereocenters. The minimum absolute atomic E-state index is 0.100. The summed E-state index contributed by atoms with van der Waals surface area (Å²) < 4.78 is 2.24. The molecular formula is C28H29N5O. The minimum Gasteiger partial charge on any atom is -0.326 e. The Morgan fingerprint density at radius 2 is 1.76 bits per heavy atom. The average Bonchev–Trinajstić information content (AvgIpc) is 3.38. The quantitative estimate of drug-likeness (QED) is 0.391. The Balaban J connectivity index is 1.41. The highest BCUT2D eigenvalue weighted by Gasteiger charge is 2.24. The number of nitrogens with zero attached hydrogens (tertiary/aromatic N) is 5. The van der Waals surface area contributed by atoms with Gasteiger partial charge in [0.1, 0.15) is 5.82 Å². The number of hydrogen-bond donors (Lipinski definition) is 0. The molecule has 4 aromatic rings. The number of rotatable bonds is 6. The summed E-state index contributed by atoms with van der Waals surface area (Å²) in [6.07, 6.45) is 6.00. The topological polar surface area (TPSA) is 54.3 Å². The third-order valence-electron chi connectivity index (χ3n) is 6.50. The van der Waals surface area contributed by atoms with Gasteiger partial charge in [-0.05, 0) is 43.2 Å². The van der Waals surface area contributed by atoms with Gasteiger partial charge in [0.2, 0.25) is 0 Å².